The molecule has 0 spiro atoms. The Morgan fingerprint density at radius 1 is 1.29 bits per heavy atom. The van der Waals surface area contributed by atoms with Gasteiger partial charge in [-0.05, 0) is 56.1 Å². The van der Waals surface area contributed by atoms with Crippen molar-refractivity contribution in [3.63, 3.8) is 0 Å². The third kappa shape index (κ3) is 4.26. The maximum absolute atomic E-state index is 13.7. The lowest BCUT2D eigenvalue weighted by Gasteiger charge is -2.40. The van der Waals surface area contributed by atoms with Crippen LogP contribution in [0.2, 0.25) is 0 Å². The van der Waals surface area contributed by atoms with E-state index >= 15 is 0 Å². The van der Waals surface area contributed by atoms with Crippen LogP contribution in [0, 0.1) is 23.0 Å². The van der Waals surface area contributed by atoms with Crippen molar-refractivity contribution in [2.24, 2.45) is 11.3 Å². The van der Waals surface area contributed by atoms with E-state index in [4.69, 9.17) is 0 Å². The zero-order valence-corrected chi connectivity index (χ0v) is 13.5. The topological polar surface area (TPSA) is 12.0 Å². The Labute approximate surface area is 127 Å². The molecule has 2 rings (SSSR count). The van der Waals surface area contributed by atoms with Crippen molar-refractivity contribution in [1.82, 2.24) is 5.32 Å². The maximum atomic E-state index is 13.7. The predicted molar refractivity (Wildman–Crippen MR) is 83.2 cm³/mol. The van der Waals surface area contributed by atoms with Gasteiger partial charge in [-0.1, -0.05) is 26.8 Å². The number of rotatable bonds is 4. The Morgan fingerprint density at radius 2 is 1.90 bits per heavy atom. The second-order valence-corrected chi connectivity index (χ2v) is 7.46. The van der Waals surface area contributed by atoms with E-state index in [2.05, 4.69) is 26.1 Å². The molecule has 3 heteroatoms. The molecule has 0 saturated heterocycles. The standard InChI is InChI=1S/C18H27F2N/c1-12-11-18(3,4)9-8-17(12)21-13(2)10-14-15(19)6-5-7-16(14)20/h5-7,12-13,17,21H,8-11H2,1-4H3. The summed E-state index contributed by atoms with van der Waals surface area (Å²) in [6.07, 6.45) is 3.94. The minimum Gasteiger partial charge on any atom is -0.311 e. The minimum atomic E-state index is -0.443. The van der Waals surface area contributed by atoms with Crippen LogP contribution in [-0.2, 0) is 6.42 Å². The molecule has 3 unspecified atom stereocenters. The van der Waals surface area contributed by atoms with Crippen LogP contribution in [-0.4, -0.2) is 12.1 Å². The monoisotopic (exact) mass is 295 g/mol. The number of nitrogens with one attached hydrogen (secondary N) is 1. The van der Waals surface area contributed by atoms with Gasteiger partial charge in [-0.25, -0.2) is 8.78 Å². The van der Waals surface area contributed by atoms with Gasteiger partial charge in [0.1, 0.15) is 11.6 Å². The summed E-state index contributed by atoms with van der Waals surface area (Å²) in [4.78, 5) is 0. The molecule has 0 radical (unpaired) electrons. The second-order valence-electron chi connectivity index (χ2n) is 7.46. The van der Waals surface area contributed by atoms with E-state index in [1.807, 2.05) is 6.92 Å². The van der Waals surface area contributed by atoms with Gasteiger partial charge in [-0.3, -0.25) is 0 Å². The number of halogens is 2. The summed E-state index contributed by atoms with van der Waals surface area (Å²) in [6.45, 7) is 8.92. The Morgan fingerprint density at radius 3 is 2.48 bits per heavy atom. The van der Waals surface area contributed by atoms with Gasteiger partial charge in [-0.15, -0.1) is 0 Å². The molecule has 1 aromatic carbocycles. The largest absolute Gasteiger partial charge is 0.311 e. The van der Waals surface area contributed by atoms with Crippen LogP contribution in [0.3, 0.4) is 0 Å². The Bertz CT molecular complexity index is 464. The number of hydrogen-bond donors (Lipinski definition) is 1. The normalized spacial score (nSPS) is 26.6. The molecule has 1 saturated carbocycles. The van der Waals surface area contributed by atoms with Crippen molar-refractivity contribution in [1.29, 1.82) is 0 Å². The highest BCUT2D eigenvalue weighted by Crippen LogP contribution is 2.38. The molecule has 21 heavy (non-hydrogen) atoms. The van der Waals surface area contributed by atoms with Crippen molar-refractivity contribution >= 4 is 0 Å². The first kappa shape index (κ1) is 16.4. The van der Waals surface area contributed by atoms with Crippen LogP contribution in [0.5, 0.6) is 0 Å². The molecule has 1 fully saturated rings. The molecule has 0 bridgehead atoms. The van der Waals surface area contributed by atoms with Crippen molar-refractivity contribution in [3.8, 4) is 0 Å². The molecule has 3 atom stereocenters. The van der Waals surface area contributed by atoms with E-state index in [1.165, 1.54) is 31.0 Å². The fourth-order valence-corrected chi connectivity index (χ4v) is 3.65. The molecule has 1 nitrogen and oxygen atoms in total. The highest BCUT2D eigenvalue weighted by atomic mass is 19.1. The molecule has 1 aromatic rings. The van der Waals surface area contributed by atoms with E-state index in [9.17, 15) is 8.78 Å². The van der Waals surface area contributed by atoms with Gasteiger partial charge >= 0.3 is 0 Å². The first-order valence-corrected chi connectivity index (χ1v) is 7.97. The Hall–Kier alpha value is -0.960. The fraction of sp³-hybridized carbons (Fsp3) is 0.667. The molecule has 1 N–H and O–H groups in total. The molecule has 1 aliphatic rings. The van der Waals surface area contributed by atoms with Crippen LogP contribution < -0.4 is 5.32 Å². The zero-order chi connectivity index (χ0) is 15.6. The fourth-order valence-electron chi connectivity index (χ4n) is 3.65. The summed E-state index contributed by atoms with van der Waals surface area (Å²) in [7, 11) is 0. The average molecular weight is 295 g/mol. The summed E-state index contributed by atoms with van der Waals surface area (Å²) in [6, 6.07) is 4.60. The first-order valence-electron chi connectivity index (χ1n) is 7.97. The molecular formula is C18H27F2N. The third-order valence-electron chi connectivity index (χ3n) is 4.76. The van der Waals surface area contributed by atoms with E-state index in [1.54, 1.807) is 0 Å². The summed E-state index contributed by atoms with van der Waals surface area (Å²) in [5.74, 6) is -0.287. The van der Waals surface area contributed by atoms with Crippen molar-refractivity contribution in [2.45, 2.75) is 65.5 Å². The second kappa shape index (κ2) is 6.43. The molecule has 1 aliphatic carbocycles. The summed E-state index contributed by atoms with van der Waals surface area (Å²) < 4.78 is 27.4. The quantitative estimate of drug-likeness (QED) is 0.849. The van der Waals surface area contributed by atoms with Gasteiger partial charge in [0.05, 0.1) is 0 Å². The molecule has 0 aliphatic heterocycles. The van der Waals surface area contributed by atoms with Gasteiger partial charge in [0.25, 0.3) is 0 Å². The zero-order valence-electron chi connectivity index (χ0n) is 13.5. The van der Waals surface area contributed by atoms with Gasteiger partial charge in [0, 0.05) is 17.6 Å². The van der Waals surface area contributed by atoms with Crippen molar-refractivity contribution in [3.05, 3.63) is 35.4 Å². The smallest absolute Gasteiger partial charge is 0.129 e. The maximum Gasteiger partial charge on any atom is 0.129 e. The van der Waals surface area contributed by atoms with Crippen LogP contribution in [0.4, 0.5) is 8.78 Å². The van der Waals surface area contributed by atoms with Gasteiger partial charge in [-0.2, -0.15) is 0 Å². The van der Waals surface area contributed by atoms with Crippen LogP contribution >= 0.6 is 0 Å². The summed E-state index contributed by atoms with van der Waals surface area (Å²) in [5, 5.41) is 3.58. The van der Waals surface area contributed by atoms with Gasteiger partial charge in [0.15, 0.2) is 0 Å². The lowest BCUT2D eigenvalue weighted by molar-refractivity contribution is 0.142. The van der Waals surface area contributed by atoms with Gasteiger partial charge in [0.2, 0.25) is 0 Å². The molecule has 0 aromatic heterocycles. The lowest BCUT2D eigenvalue weighted by Crippen LogP contribution is -2.46. The molecule has 0 amide bonds. The minimum absolute atomic E-state index is 0.0741. The Balaban J connectivity index is 1.95. The average Bonchev–Trinajstić information content (AvgIpc) is 2.37. The van der Waals surface area contributed by atoms with E-state index in [0.29, 0.717) is 23.8 Å². The van der Waals surface area contributed by atoms with Crippen LogP contribution in [0.15, 0.2) is 18.2 Å². The van der Waals surface area contributed by atoms with E-state index in [0.717, 1.165) is 6.42 Å². The lowest BCUT2D eigenvalue weighted by atomic mass is 9.70. The van der Waals surface area contributed by atoms with Crippen molar-refractivity contribution in [2.75, 3.05) is 0 Å². The summed E-state index contributed by atoms with van der Waals surface area (Å²) >= 11 is 0. The Kier molecular flexibility index (Phi) is 5.03. The van der Waals surface area contributed by atoms with Crippen LogP contribution in [0.1, 0.15) is 52.5 Å². The SMILES string of the molecule is CC(Cc1c(F)cccc1F)NC1CCC(C)(C)CC1C. The van der Waals surface area contributed by atoms with E-state index < -0.39 is 11.6 Å². The van der Waals surface area contributed by atoms with Gasteiger partial charge < -0.3 is 5.32 Å². The van der Waals surface area contributed by atoms with E-state index in [-0.39, 0.29) is 11.6 Å². The summed E-state index contributed by atoms with van der Waals surface area (Å²) in [5.41, 5.74) is 0.611. The molecule has 118 valence electrons. The number of hydrogen-bond acceptors (Lipinski definition) is 1. The molecule has 0 heterocycles. The first-order chi connectivity index (χ1) is 9.78. The van der Waals surface area contributed by atoms with Crippen LogP contribution in [0.25, 0.3) is 0 Å². The predicted octanol–water partition coefficient (Wildman–Crippen LogP) is 4.70. The molecular weight excluding hydrogens is 268 g/mol. The number of benzene rings is 1. The van der Waals surface area contributed by atoms with Crippen molar-refractivity contribution < 1.29 is 8.78 Å². The highest BCUT2D eigenvalue weighted by Gasteiger charge is 2.32. The highest BCUT2D eigenvalue weighted by molar-refractivity contribution is 5.20. The third-order valence-corrected chi connectivity index (χ3v) is 4.76.